The fourth-order valence-corrected chi connectivity index (χ4v) is 6.44. The van der Waals surface area contributed by atoms with Crippen LogP contribution in [0.1, 0.15) is 45.9 Å². The number of ether oxygens (including phenoxy) is 1. The van der Waals surface area contributed by atoms with Gasteiger partial charge in [0.25, 0.3) is 0 Å². The van der Waals surface area contributed by atoms with Gasteiger partial charge in [-0.3, -0.25) is 4.79 Å². The quantitative estimate of drug-likeness (QED) is 0.258. The van der Waals surface area contributed by atoms with Crippen molar-refractivity contribution < 1.29 is 9.53 Å². The Morgan fingerprint density at radius 3 is 2.23 bits per heavy atom. The summed E-state index contributed by atoms with van der Waals surface area (Å²) < 4.78 is 7.33. The predicted octanol–water partition coefficient (Wildman–Crippen LogP) is 8.53. The average molecular weight is 522 g/mol. The van der Waals surface area contributed by atoms with E-state index in [1.54, 1.807) is 0 Å². The summed E-state index contributed by atoms with van der Waals surface area (Å²) in [6.07, 6.45) is 6.39. The molecule has 0 radical (unpaired) electrons. The molecule has 1 heterocycles. The summed E-state index contributed by atoms with van der Waals surface area (Å²) in [6, 6.07) is 31.9. The lowest BCUT2D eigenvalue weighted by molar-refractivity contribution is -0.114. The Hall–Kier alpha value is -4.63. The van der Waals surface area contributed by atoms with Gasteiger partial charge in [-0.1, -0.05) is 78.9 Å². The van der Waals surface area contributed by atoms with Crippen LogP contribution in [0.3, 0.4) is 0 Å². The Labute approximate surface area is 235 Å². The number of carbonyl (C=O) groups is 1. The van der Waals surface area contributed by atoms with Gasteiger partial charge in [0.05, 0.1) is 0 Å². The minimum atomic E-state index is -0.804. The minimum absolute atomic E-state index is 0.0856. The zero-order chi connectivity index (χ0) is 27.4. The van der Waals surface area contributed by atoms with Crippen LogP contribution >= 0.6 is 0 Å². The highest BCUT2D eigenvalue weighted by molar-refractivity contribution is 6.07. The van der Waals surface area contributed by atoms with E-state index in [-0.39, 0.29) is 5.91 Å². The molecule has 2 aliphatic rings. The van der Waals surface area contributed by atoms with Gasteiger partial charge in [-0.05, 0) is 89.6 Å². The number of carbonyl (C=O) groups excluding carboxylic acids is 1. The zero-order valence-electron chi connectivity index (χ0n) is 23.0. The summed E-state index contributed by atoms with van der Waals surface area (Å²) in [7, 11) is 0. The molecular formula is C37H31NO2. The highest BCUT2D eigenvalue weighted by atomic mass is 16.5. The SMILES string of the molecule is CC(=O)Nc1ccc(C2(c3ccccc3)C=Cc3c(c4c(c5cc(C)c(C)cc35)-c3ccccc3CC4)O2)cc1. The van der Waals surface area contributed by atoms with E-state index >= 15 is 0 Å². The predicted molar refractivity (Wildman–Crippen MR) is 164 cm³/mol. The third-order valence-electron chi connectivity index (χ3n) is 8.53. The van der Waals surface area contributed by atoms with E-state index in [9.17, 15) is 4.79 Å². The Balaban J connectivity index is 1.50. The average Bonchev–Trinajstić information content (AvgIpc) is 2.98. The fraction of sp³-hybridized carbons (Fsp3) is 0.162. The summed E-state index contributed by atoms with van der Waals surface area (Å²) in [5.74, 6) is 0.884. The number of aryl methyl sites for hydroxylation is 3. The Bertz CT molecular complexity index is 1830. The van der Waals surface area contributed by atoms with Gasteiger partial charge >= 0.3 is 0 Å². The molecule has 3 nitrogen and oxygen atoms in total. The molecule has 0 aromatic heterocycles. The van der Waals surface area contributed by atoms with Crippen LogP contribution in [-0.4, -0.2) is 5.91 Å². The Kier molecular flexibility index (Phi) is 5.64. The molecule has 1 unspecified atom stereocenters. The molecule has 7 rings (SSSR count). The molecule has 0 bridgehead atoms. The monoisotopic (exact) mass is 521 g/mol. The van der Waals surface area contributed by atoms with Crippen molar-refractivity contribution in [1.29, 1.82) is 0 Å². The van der Waals surface area contributed by atoms with Gasteiger partial charge < -0.3 is 10.1 Å². The zero-order valence-corrected chi connectivity index (χ0v) is 23.0. The number of rotatable bonds is 3. The number of nitrogens with one attached hydrogen (secondary N) is 1. The highest BCUT2D eigenvalue weighted by Crippen LogP contribution is 2.52. The minimum Gasteiger partial charge on any atom is -0.473 e. The van der Waals surface area contributed by atoms with Crippen molar-refractivity contribution in [3.63, 3.8) is 0 Å². The van der Waals surface area contributed by atoms with Crippen LogP contribution in [0.25, 0.3) is 28.0 Å². The number of amides is 1. The number of anilines is 1. The van der Waals surface area contributed by atoms with Crippen LogP contribution in [0.4, 0.5) is 5.69 Å². The van der Waals surface area contributed by atoms with Crippen molar-refractivity contribution in [2.75, 3.05) is 5.32 Å². The first-order valence-electron chi connectivity index (χ1n) is 13.9. The second kappa shape index (κ2) is 9.24. The van der Waals surface area contributed by atoms with Crippen molar-refractivity contribution >= 4 is 28.4 Å². The van der Waals surface area contributed by atoms with Crippen molar-refractivity contribution in [2.24, 2.45) is 0 Å². The van der Waals surface area contributed by atoms with Gasteiger partial charge in [-0.2, -0.15) is 0 Å². The molecule has 0 fully saturated rings. The highest BCUT2D eigenvalue weighted by Gasteiger charge is 2.39. The molecule has 5 aromatic rings. The van der Waals surface area contributed by atoms with E-state index in [1.165, 1.54) is 51.1 Å². The maximum Gasteiger partial charge on any atom is 0.221 e. The Morgan fingerprint density at radius 2 is 1.48 bits per heavy atom. The van der Waals surface area contributed by atoms with Gasteiger partial charge in [-0.15, -0.1) is 0 Å². The van der Waals surface area contributed by atoms with E-state index in [0.717, 1.165) is 41.0 Å². The first kappa shape index (κ1) is 24.4. The van der Waals surface area contributed by atoms with Crippen LogP contribution in [-0.2, 0) is 23.2 Å². The maximum atomic E-state index is 11.7. The Morgan fingerprint density at radius 1 is 0.800 bits per heavy atom. The number of hydrogen-bond acceptors (Lipinski definition) is 2. The fourth-order valence-electron chi connectivity index (χ4n) is 6.44. The van der Waals surface area contributed by atoms with Gasteiger partial charge in [0.15, 0.2) is 5.60 Å². The van der Waals surface area contributed by atoms with Crippen molar-refractivity contribution in [2.45, 2.75) is 39.2 Å². The molecule has 40 heavy (non-hydrogen) atoms. The summed E-state index contributed by atoms with van der Waals surface area (Å²) in [5.41, 5.74) is 11.1. The summed E-state index contributed by atoms with van der Waals surface area (Å²) >= 11 is 0. The molecular weight excluding hydrogens is 490 g/mol. The molecule has 1 atom stereocenters. The smallest absolute Gasteiger partial charge is 0.221 e. The molecule has 1 aliphatic carbocycles. The van der Waals surface area contributed by atoms with Crippen LogP contribution in [0.2, 0.25) is 0 Å². The van der Waals surface area contributed by atoms with E-state index in [4.69, 9.17) is 4.74 Å². The standard InChI is InChI=1S/C37H31NO2/c1-23-21-33-31-19-20-37(27-10-5-4-6-11-27,28-14-16-29(17-15-28)38-25(3)39)40-36(31)32-18-13-26-9-7-8-12-30(26)35(32)34(33)22-24(23)2/h4-12,14-17,19-22H,13,18H2,1-3H3,(H,38,39). The summed E-state index contributed by atoms with van der Waals surface area (Å²) in [5, 5.41) is 5.41. The largest absolute Gasteiger partial charge is 0.473 e. The first-order valence-corrected chi connectivity index (χ1v) is 13.9. The molecule has 0 saturated carbocycles. The van der Waals surface area contributed by atoms with Crippen LogP contribution in [0.15, 0.2) is 97.1 Å². The third kappa shape index (κ3) is 3.76. The van der Waals surface area contributed by atoms with E-state index in [1.807, 2.05) is 18.2 Å². The third-order valence-corrected chi connectivity index (χ3v) is 8.53. The lowest BCUT2D eigenvalue weighted by atomic mass is 9.77. The lowest BCUT2D eigenvalue weighted by Gasteiger charge is -2.39. The topological polar surface area (TPSA) is 38.3 Å². The number of benzene rings is 5. The number of hydrogen-bond donors (Lipinski definition) is 1. The lowest BCUT2D eigenvalue weighted by Crippen LogP contribution is -2.35. The summed E-state index contributed by atoms with van der Waals surface area (Å²) in [6.45, 7) is 5.91. The van der Waals surface area contributed by atoms with Gasteiger partial charge in [0.1, 0.15) is 5.75 Å². The number of fused-ring (bicyclic) bond motifs is 8. The van der Waals surface area contributed by atoms with E-state index in [0.29, 0.717) is 0 Å². The van der Waals surface area contributed by atoms with Crippen molar-refractivity contribution in [3.8, 4) is 16.9 Å². The van der Waals surface area contributed by atoms with Gasteiger partial charge in [-0.25, -0.2) is 0 Å². The van der Waals surface area contributed by atoms with Crippen molar-refractivity contribution in [1.82, 2.24) is 0 Å². The molecule has 3 heteroatoms. The maximum absolute atomic E-state index is 11.7. The van der Waals surface area contributed by atoms with E-state index < -0.39 is 5.60 Å². The normalized spacial score (nSPS) is 17.0. The molecule has 0 saturated heterocycles. The molecule has 1 N–H and O–H groups in total. The van der Waals surface area contributed by atoms with Crippen LogP contribution in [0.5, 0.6) is 5.75 Å². The second-order valence-electron chi connectivity index (χ2n) is 11.0. The molecule has 196 valence electrons. The van der Waals surface area contributed by atoms with Gasteiger partial charge in [0, 0.05) is 34.9 Å². The first-order chi connectivity index (χ1) is 19.4. The van der Waals surface area contributed by atoms with E-state index in [2.05, 4.69) is 104 Å². The van der Waals surface area contributed by atoms with Crippen molar-refractivity contribution in [3.05, 3.63) is 136 Å². The molecule has 1 amide bonds. The van der Waals surface area contributed by atoms with Crippen LogP contribution in [0, 0.1) is 13.8 Å². The molecule has 0 spiro atoms. The van der Waals surface area contributed by atoms with Gasteiger partial charge in [0.2, 0.25) is 5.91 Å². The molecule has 5 aromatic carbocycles. The second-order valence-corrected chi connectivity index (χ2v) is 11.0. The summed E-state index contributed by atoms with van der Waals surface area (Å²) in [4.78, 5) is 11.7. The molecule has 1 aliphatic heterocycles. The van der Waals surface area contributed by atoms with Crippen LogP contribution < -0.4 is 10.1 Å².